The summed E-state index contributed by atoms with van der Waals surface area (Å²) in [6.45, 7) is 4.41. The molecular formula is C21H24FN3O4. The molecule has 2 saturated heterocycles. The van der Waals surface area contributed by atoms with Crippen LogP contribution in [0.15, 0.2) is 17.1 Å². The zero-order valence-electron chi connectivity index (χ0n) is 16.3. The lowest BCUT2D eigenvalue weighted by Crippen LogP contribution is -2.40. The van der Waals surface area contributed by atoms with Crippen molar-refractivity contribution in [1.29, 1.82) is 0 Å². The highest BCUT2D eigenvalue weighted by Gasteiger charge is 2.37. The SMILES string of the molecule is Cc1c(N2CC3CCCNC3C2)c(F)cn2c(=O)c(OC(=O)O)cc(C3CC3)c12. The standard InChI is InChI=1S/C21H24FN3O4/c1-11-18-14(12-4-5-12)7-17(29-21(27)28)20(26)25(18)9-15(22)19(11)24-8-13-3-2-6-23-16(13)10-24/h7,9,12-13,16,23H,2-6,8,10H2,1H3,(H,27,28). The third kappa shape index (κ3) is 3.06. The Morgan fingerprint density at radius 1 is 1.31 bits per heavy atom. The van der Waals surface area contributed by atoms with E-state index in [1.54, 1.807) is 0 Å². The molecule has 154 valence electrons. The number of hydrogen-bond donors (Lipinski definition) is 2. The molecule has 2 N–H and O–H groups in total. The van der Waals surface area contributed by atoms with Gasteiger partial charge in [-0.2, -0.15) is 0 Å². The van der Waals surface area contributed by atoms with Crippen LogP contribution in [-0.4, -0.2) is 41.3 Å². The Bertz CT molecular complexity index is 1050. The van der Waals surface area contributed by atoms with Gasteiger partial charge in [0.1, 0.15) is 0 Å². The lowest BCUT2D eigenvalue weighted by atomic mass is 9.94. The zero-order valence-corrected chi connectivity index (χ0v) is 16.3. The first-order chi connectivity index (χ1) is 13.9. The topological polar surface area (TPSA) is 83.3 Å². The first kappa shape index (κ1) is 18.4. The molecule has 1 aliphatic carbocycles. The Kier molecular flexibility index (Phi) is 4.27. The lowest BCUT2D eigenvalue weighted by Gasteiger charge is -2.24. The Hall–Kier alpha value is -2.61. The fraction of sp³-hybridized carbons (Fsp3) is 0.524. The van der Waals surface area contributed by atoms with Crippen LogP contribution < -0.4 is 20.5 Å². The van der Waals surface area contributed by atoms with Gasteiger partial charge in [-0.15, -0.1) is 0 Å². The van der Waals surface area contributed by atoms with Crippen LogP contribution in [0.5, 0.6) is 5.75 Å². The van der Waals surface area contributed by atoms with Gasteiger partial charge < -0.3 is 20.1 Å². The second-order valence-electron chi connectivity index (χ2n) is 8.45. The van der Waals surface area contributed by atoms with Crippen molar-refractivity contribution >= 4 is 17.4 Å². The number of carboxylic acid groups (broad SMARTS) is 1. The first-order valence-electron chi connectivity index (χ1n) is 10.2. The lowest BCUT2D eigenvalue weighted by molar-refractivity contribution is 0.143. The number of fused-ring (bicyclic) bond motifs is 2. The van der Waals surface area contributed by atoms with Crippen molar-refractivity contribution in [3.8, 4) is 5.75 Å². The molecule has 0 amide bonds. The highest BCUT2D eigenvalue weighted by atomic mass is 19.1. The summed E-state index contributed by atoms with van der Waals surface area (Å²) in [5.74, 6) is 0.00149. The molecule has 3 fully saturated rings. The fourth-order valence-corrected chi connectivity index (χ4v) is 5.11. The highest BCUT2D eigenvalue weighted by Crippen LogP contribution is 2.45. The largest absolute Gasteiger partial charge is 0.511 e. The zero-order chi connectivity index (χ0) is 20.3. The molecule has 29 heavy (non-hydrogen) atoms. The minimum absolute atomic E-state index is 0.238. The quantitative estimate of drug-likeness (QED) is 0.770. The predicted molar refractivity (Wildman–Crippen MR) is 106 cm³/mol. The molecule has 2 atom stereocenters. The number of carbonyl (C=O) groups is 1. The molecule has 2 unspecified atom stereocenters. The smallest absolute Gasteiger partial charge is 0.449 e. The summed E-state index contributed by atoms with van der Waals surface area (Å²) in [5, 5.41) is 12.5. The number of ether oxygens (including phenoxy) is 1. The van der Waals surface area contributed by atoms with Crippen LogP contribution in [0.4, 0.5) is 14.9 Å². The van der Waals surface area contributed by atoms with Crippen LogP contribution in [0, 0.1) is 18.7 Å². The van der Waals surface area contributed by atoms with E-state index in [2.05, 4.69) is 15.0 Å². The third-order valence-electron chi connectivity index (χ3n) is 6.54. The molecule has 4 heterocycles. The molecule has 3 aliphatic rings. The minimum atomic E-state index is -1.55. The van der Waals surface area contributed by atoms with Crippen molar-refractivity contribution in [1.82, 2.24) is 9.72 Å². The molecule has 5 rings (SSSR count). The first-order valence-corrected chi connectivity index (χ1v) is 10.2. The predicted octanol–water partition coefficient (Wildman–Crippen LogP) is 2.87. The molecular weight excluding hydrogens is 377 g/mol. The summed E-state index contributed by atoms with van der Waals surface area (Å²) < 4.78 is 21.2. The van der Waals surface area contributed by atoms with Gasteiger partial charge in [-0.05, 0) is 68.2 Å². The van der Waals surface area contributed by atoms with Crippen molar-refractivity contribution in [3.05, 3.63) is 39.6 Å². The second kappa shape index (κ2) is 6.73. The van der Waals surface area contributed by atoms with E-state index >= 15 is 4.39 Å². The number of pyridine rings is 2. The third-order valence-corrected chi connectivity index (χ3v) is 6.54. The minimum Gasteiger partial charge on any atom is -0.449 e. The van der Waals surface area contributed by atoms with E-state index in [-0.39, 0.29) is 11.7 Å². The van der Waals surface area contributed by atoms with Crippen molar-refractivity contribution < 1.29 is 19.0 Å². The number of rotatable bonds is 3. The summed E-state index contributed by atoms with van der Waals surface area (Å²) >= 11 is 0. The van der Waals surface area contributed by atoms with Crippen LogP contribution in [-0.2, 0) is 0 Å². The second-order valence-corrected chi connectivity index (χ2v) is 8.45. The molecule has 2 aliphatic heterocycles. The average molecular weight is 401 g/mol. The average Bonchev–Trinajstić information content (AvgIpc) is 3.43. The van der Waals surface area contributed by atoms with Gasteiger partial charge in [0.25, 0.3) is 5.56 Å². The van der Waals surface area contributed by atoms with Crippen molar-refractivity contribution in [2.45, 2.75) is 44.6 Å². The normalized spacial score (nSPS) is 24.0. The van der Waals surface area contributed by atoms with Gasteiger partial charge in [-0.1, -0.05) is 0 Å². The number of anilines is 1. The van der Waals surface area contributed by atoms with Crippen LogP contribution in [0.1, 0.15) is 42.7 Å². The maximum atomic E-state index is 15.3. The molecule has 7 nitrogen and oxygen atoms in total. The van der Waals surface area contributed by atoms with Gasteiger partial charge in [0.15, 0.2) is 11.6 Å². The number of halogens is 1. The van der Waals surface area contributed by atoms with E-state index < -0.39 is 17.5 Å². The van der Waals surface area contributed by atoms with E-state index in [1.807, 2.05) is 6.92 Å². The summed E-state index contributed by atoms with van der Waals surface area (Å²) in [6, 6.07) is 1.90. The number of nitrogens with zero attached hydrogens (tertiary/aromatic N) is 2. The van der Waals surface area contributed by atoms with Crippen molar-refractivity contribution in [2.75, 3.05) is 24.5 Å². The molecule has 0 aromatic carbocycles. The van der Waals surface area contributed by atoms with Gasteiger partial charge in [-0.3, -0.25) is 9.20 Å². The van der Waals surface area contributed by atoms with E-state index in [9.17, 15) is 9.59 Å². The number of aromatic nitrogens is 1. The molecule has 0 spiro atoms. The van der Waals surface area contributed by atoms with Gasteiger partial charge in [0.05, 0.1) is 17.4 Å². The Labute approximate surface area is 167 Å². The Morgan fingerprint density at radius 3 is 2.79 bits per heavy atom. The molecule has 8 heteroatoms. The molecule has 0 radical (unpaired) electrons. The maximum absolute atomic E-state index is 15.3. The summed E-state index contributed by atoms with van der Waals surface area (Å²) in [4.78, 5) is 25.9. The molecule has 2 aromatic rings. The number of hydrogen-bond acceptors (Lipinski definition) is 5. The monoisotopic (exact) mass is 401 g/mol. The van der Waals surface area contributed by atoms with Gasteiger partial charge in [-0.25, -0.2) is 9.18 Å². The van der Waals surface area contributed by atoms with Gasteiger partial charge in [0, 0.05) is 19.1 Å². The van der Waals surface area contributed by atoms with E-state index in [0.29, 0.717) is 23.2 Å². The van der Waals surface area contributed by atoms with Crippen LogP contribution in [0.2, 0.25) is 0 Å². The number of piperidine rings is 1. The molecule has 2 aromatic heterocycles. The summed E-state index contributed by atoms with van der Waals surface area (Å²) in [6.07, 6.45) is 3.85. The van der Waals surface area contributed by atoms with Crippen LogP contribution >= 0.6 is 0 Å². The van der Waals surface area contributed by atoms with E-state index in [1.165, 1.54) is 16.7 Å². The number of aryl methyl sites for hydroxylation is 1. The fourth-order valence-electron chi connectivity index (χ4n) is 5.11. The van der Waals surface area contributed by atoms with Gasteiger partial charge in [0.2, 0.25) is 0 Å². The maximum Gasteiger partial charge on any atom is 0.511 e. The molecule has 1 saturated carbocycles. The number of nitrogens with one attached hydrogen (secondary N) is 1. The Balaban J connectivity index is 1.67. The van der Waals surface area contributed by atoms with E-state index in [0.717, 1.165) is 56.4 Å². The highest BCUT2D eigenvalue weighted by molar-refractivity contribution is 5.74. The van der Waals surface area contributed by atoms with Crippen LogP contribution in [0.25, 0.3) is 5.52 Å². The van der Waals surface area contributed by atoms with Gasteiger partial charge >= 0.3 is 6.16 Å². The Morgan fingerprint density at radius 2 is 2.10 bits per heavy atom. The van der Waals surface area contributed by atoms with Crippen molar-refractivity contribution in [2.24, 2.45) is 5.92 Å². The van der Waals surface area contributed by atoms with E-state index in [4.69, 9.17) is 5.11 Å². The summed E-state index contributed by atoms with van der Waals surface area (Å²) in [7, 11) is 0. The molecule has 0 bridgehead atoms. The van der Waals surface area contributed by atoms with Crippen LogP contribution in [0.3, 0.4) is 0 Å². The summed E-state index contributed by atoms with van der Waals surface area (Å²) in [5.41, 5.74) is 2.15. The van der Waals surface area contributed by atoms with Crippen molar-refractivity contribution in [3.63, 3.8) is 0 Å².